The Bertz CT molecular complexity index is 445. The maximum Gasteiger partial charge on any atom is 0.212 e. The number of rotatable bonds is 5. The summed E-state index contributed by atoms with van der Waals surface area (Å²) in [6.07, 6.45) is 0.609. The second-order valence-electron chi connectivity index (χ2n) is 3.71. The van der Waals surface area contributed by atoms with Crippen molar-refractivity contribution in [2.75, 3.05) is 5.75 Å². The van der Waals surface area contributed by atoms with Crippen molar-refractivity contribution in [2.24, 2.45) is 0 Å². The molecule has 0 radical (unpaired) electrons. The third-order valence-electron chi connectivity index (χ3n) is 2.18. The van der Waals surface area contributed by atoms with Gasteiger partial charge in [0.1, 0.15) is 0 Å². The van der Waals surface area contributed by atoms with E-state index in [0.29, 0.717) is 11.4 Å². The number of hydrogen-bond donors (Lipinski definition) is 1. The summed E-state index contributed by atoms with van der Waals surface area (Å²) in [5.41, 5.74) is 0.868. The van der Waals surface area contributed by atoms with Gasteiger partial charge < -0.3 is 0 Å². The molecular formula is C11H16ClNO2S. The molecule has 1 N–H and O–H groups in total. The van der Waals surface area contributed by atoms with Crippen LogP contribution in [0, 0.1) is 0 Å². The lowest BCUT2D eigenvalue weighted by Crippen LogP contribution is -2.28. The first-order valence-corrected chi connectivity index (χ1v) is 7.23. The van der Waals surface area contributed by atoms with Gasteiger partial charge in [0.05, 0.1) is 5.75 Å². The second kappa shape index (κ2) is 5.66. The summed E-state index contributed by atoms with van der Waals surface area (Å²) in [6, 6.07) is 6.93. The second-order valence-corrected chi connectivity index (χ2v) is 6.02. The minimum Gasteiger partial charge on any atom is -0.212 e. The third kappa shape index (κ3) is 4.12. The summed E-state index contributed by atoms with van der Waals surface area (Å²) < 4.78 is 25.7. The van der Waals surface area contributed by atoms with E-state index in [4.69, 9.17) is 11.6 Å². The normalized spacial score (nSPS) is 13.7. The summed E-state index contributed by atoms with van der Waals surface area (Å²) in [6.45, 7) is 3.64. The van der Waals surface area contributed by atoms with Gasteiger partial charge in [-0.05, 0) is 31.0 Å². The minimum absolute atomic E-state index is 0.151. The van der Waals surface area contributed by atoms with Crippen LogP contribution in [0.4, 0.5) is 0 Å². The van der Waals surface area contributed by atoms with E-state index >= 15 is 0 Å². The van der Waals surface area contributed by atoms with Gasteiger partial charge in [0, 0.05) is 11.1 Å². The van der Waals surface area contributed by atoms with E-state index in [2.05, 4.69) is 4.72 Å². The molecule has 0 heterocycles. The van der Waals surface area contributed by atoms with Gasteiger partial charge >= 0.3 is 0 Å². The van der Waals surface area contributed by atoms with E-state index < -0.39 is 10.0 Å². The molecule has 0 fully saturated rings. The summed E-state index contributed by atoms with van der Waals surface area (Å²) >= 11 is 5.84. The zero-order valence-electron chi connectivity index (χ0n) is 9.40. The first-order valence-electron chi connectivity index (χ1n) is 5.20. The Balaban J connectivity index is 2.76. The van der Waals surface area contributed by atoms with Crippen LogP contribution in [0.5, 0.6) is 0 Å². The van der Waals surface area contributed by atoms with Crippen molar-refractivity contribution in [3.8, 4) is 0 Å². The molecule has 0 bridgehead atoms. The molecule has 1 atom stereocenters. The molecule has 1 aromatic carbocycles. The zero-order chi connectivity index (χ0) is 12.2. The summed E-state index contributed by atoms with van der Waals surface area (Å²) in [5, 5.41) is 0.610. The molecule has 5 heteroatoms. The number of nitrogens with one attached hydrogen (secondary N) is 1. The van der Waals surface area contributed by atoms with Gasteiger partial charge in [-0.1, -0.05) is 30.7 Å². The molecule has 1 rings (SSSR count). The fourth-order valence-electron chi connectivity index (χ4n) is 1.44. The molecule has 0 aliphatic rings. The van der Waals surface area contributed by atoms with E-state index in [1.165, 1.54) is 0 Å². The van der Waals surface area contributed by atoms with Crippen LogP contribution >= 0.6 is 11.6 Å². The SMILES string of the molecule is CCCS(=O)(=O)NC(C)c1cccc(Cl)c1. The third-order valence-corrected chi connectivity index (χ3v) is 4.07. The lowest BCUT2D eigenvalue weighted by atomic mass is 10.1. The number of hydrogen-bond acceptors (Lipinski definition) is 2. The summed E-state index contributed by atoms with van der Waals surface area (Å²) in [5.74, 6) is 0.151. The van der Waals surface area contributed by atoms with E-state index in [9.17, 15) is 8.42 Å². The van der Waals surface area contributed by atoms with Crippen molar-refractivity contribution >= 4 is 21.6 Å². The molecule has 0 saturated carbocycles. The lowest BCUT2D eigenvalue weighted by Gasteiger charge is -2.14. The first kappa shape index (κ1) is 13.5. The Morgan fingerprint density at radius 3 is 2.69 bits per heavy atom. The minimum atomic E-state index is -3.18. The summed E-state index contributed by atoms with van der Waals surface area (Å²) in [4.78, 5) is 0. The van der Waals surface area contributed by atoms with Crippen LogP contribution in [0.25, 0.3) is 0 Å². The van der Waals surface area contributed by atoms with Crippen molar-refractivity contribution < 1.29 is 8.42 Å². The van der Waals surface area contributed by atoms with Crippen LogP contribution in [-0.4, -0.2) is 14.2 Å². The predicted octanol–water partition coefficient (Wildman–Crippen LogP) is 2.73. The molecule has 0 spiro atoms. The molecule has 0 aliphatic carbocycles. The van der Waals surface area contributed by atoms with Gasteiger partial charge in [0.15, 0.2) is 0 Å². The predicted molar refractivity (Wildman–Crippen MR) is 67.1 cm³/mol. The van der Waals surface area contributed by atoms with Gasteiger partial charge in [-0.3, -0.25) is 0 Å². The van der Waals surface area contributed by atoms with Gasteiger partial charge in [-0.2, -0.15) is 0 Å². The largest absolute Gasteiger partial charge is 0.212 e. The highest BCUT2D eigenvalue weighted by Crippen LogP contribution is 2.18. The van der Waals surface area contributed by atoms with Crippen LogP contribution in [0.1, 0.15) is 31.9 Å². The zero-order valence-corrected chi connectivity index (χ0v) is 11.0. The Labute approximate surface area is 102 Å². The molecule has 1 aromatic rings. The first-order chi connectivity index (χ1) is 7.44. The van der Waals surface area contributed by atoms with Crippen LogP contribution in [0.2, 0.25) is 5.02 Å². The quantitative estimate of drug-likeness (QED) is 0.886. The lowest BCUT2D eigenvalue weighted by molar-refractivity contribution is 0.565. The Hall–Kier alpha value is -0.580. The van der Waals surface area contributed by atoms with Gasteiger partial charge in [-0.15, -0.1) is 0 Å². The smallest absolute Gasteiger partial charge is 0.212 e. The number of benzene rings is 1. The van der Waals surface area contributed by atoms with E-state index in [-0.39, 0.29) is 11.8 Å². The average Bonchev–Trinajstić information content (AvgIpc) is 2.16. The molecule has 0 amide bonds. The maximum absolute atomic E-state index is 11.6. The highest BCUT2D eigenvalue weighted by molar-refractivity contribution is 7.89. The van der Waals surface area contributed by atoms with Gasteiger partial charge in [0.25, 0.3) is 0 Å². The van der Waals surface area contributed by atoms with Crippen LogP contribution < -0.4 is 4.72 Å². The molecule has 3 nitrogen and oxygen atoms in total. The molecule has 16 heavy (non-hydrogen) atoms. The van der Waals surface area contributed by atoms with Crippen LogP contribution in [-0.2, 0) is 10.0 Å². The Morgan fingerprint density at radius 2 is 2.12 bits per heavy atom. The number of sulfonamides is 1. The number of halogens is 1. The van der Waals surface area contributed by atoms with Crippen molar-refractivity contribution in [3.05, 3.63) is 34.9 Å². The molecule has 90 valence electrons. The molecule has 1 unspecified atom stereocenters. The van der Waals surface area contributed by atoms with Crippen molar-refractivity contribution in [1.82, 2.24) is 4.72 Å². The molecule has 0 saturated heterocycles. The van der Waals surface area contributed by atoms with Gasteiger partial charge in [-0.25, -0.2) is 13.1 Å². The fraction of sp³-hybridized carbons (Fsp3) is 0.455. The highest BCUT2D eigenvalue weighted by Gasteiger charge is 2.14. The summed E-state index contributed by atoms with van der Waals surface area (Å²) in [7, 11) is -3.18. The monoisotopic (exact) mass is 261 g/mol. The van der Waals surface area contributed by atoms with E-state index in [1.807, 2.05) is 19.1 Å². The standard InChI is InChI=1S/C11H16ClNO2S/c1-3-7-16(14,15)13-9(2)10-5-4-6-11(12)8-10/h4-6,8-9,13H,3,7H2,1-2H3. The molecular weight excluding hydrogens is 246 g/mol. The fourth-order valence-corrected chi connectivity index (χ4v) is 2.97. The van der Waals surface area contributed by atoms with Crippen LogP contribution in [0.3, 0.4) is 0 Å². The van der Waals surface area contributed by atoms with Gasteiger partial charge in [0.2, 0.25) is 10.0 Å². The van der Waals surface area contributed by atoms with E-state index in [0.717, 1.165) is 5.56 Å². The topological polar surface area (TPSA) is 46.2 Å². The average molecular weight is 262 g/mol. The van der Waals surface area contributed by atoms with Crippen molar-refractivity contribution in [1.29, 1.82) is 0 Å². The Morgan fingerprint density at radius 1 is 1.44 bits per heavy atom. The molecule has 0 aliphatic heterocycles. The van der Waals surface area contributed by atoms with Crippen molar-refractivity contribution in [3.63, 3.8) is 0 Å². The van der Waals surface area contributed by atoms with E-state index in [1.54, 1.807) is 19.1 Å². The van der Waals surface area contributed by atoms with Crippen molar-refractivity contribution in [2.45, 2.75) is 26.3 Å². The van der Waals surface area contributed by atoms with Crippen LogP contribution in [0.15, 0.2) is 24.3 Å². The highest BCUT2D eigenvalue weighted by atomic mass is 35.5. The molecule has 0 aromatic heterocycles. The Kier molecular flexibility index (Phi) is 4.77. The maximum atomic E-state index is 11.6.